The van der Waals surface area contributed by atoms with E-state index in [-0.39, 0.29) is 0 Å². The quantitative estimate of drug-likeness (QED) is 0.897. The molecule has 2 rings (SSSR count). The SMILES string of the molecule is CC(C)NCc1ccccc1S(=O)(=O)N1CCCOCC1. The van der Waals surface area contributed by atoms with Gasteiger partial charge in [-0.15, -0.1) is 0 Å². The first-order valence-corrected chi connectivity index (χ1v) is 8.85. The lowest BCUT2D eigenvalue weighted by Crippen LogP contribution is -2.34. The van der Waals surface area contributed by atoms with E-state index in [1.807, 2.05) is 26.0 Å². The molecule has 0 amide bonds. The van der Waals surface area contributed by atoms with E-state index in [1.54, 1.807) is 12.1 Å². The zero-order valence-corrected chi connectivity index (χ0v) is 13.5. The number of nitrogens with zero attached hydrogens (tertiary/aromatic N) is 1. The normalized spacial score (nSPS) is 17.9. The zero-order chi connectivity index (χ0) is 15.3. The van der Waals surface area contributed by atoms with Crippen molar-refractivity contribution in [1.82, 2.24) is 9.62 Å². The van der Waals surface area contributed by atoms with Crippen molar-refractivity contribution < 1.29 is 13.2 Å². The lowest BCUT2D eigenvalue weighted by atomic mass is 10.2. The fourth-order valence-corrected chi connectivity index (χ4v) is 4.00. The number of nitrogens with one attached hydrogen (secondary N) is 1. The van der Waals surface area contributed by atoms with Crippen LogP contribution in [0, 0.1) is 0 Å². The van der Waals surface area contributed by atoms with Gasteiger partial charge in [0.1, 0.15) is 0 Å². The summed E-state index contributed by atoms with van der Waals surface area (Å²) in [7, 11) is -3.45. The van der Waals surface area contributed by atoms with E-state index >= 15 is 0 Å². The van der Waals surface area contributed by atoms with E-state index in [1.165, 1.54) is 4.31 Å². The first-order valence-electron chi connectivity index (χ1n) is 7.41. The molecule has 0 spiro atoms. The number of ether oxygens (including phenoxy) is 1. The van der Waals surface area contributed by atoms with Crippen molar-refractivity contribution in [3.63, 3.8) is 0 Å². The van der Waals surface area contributed by atoms with Gasteiger partial charge in [0, 0.05) is 32.3 Å². The molecule has 0 aromatic heterocycles. The molecule has 1 aromatic carbocycles. The van der Waals surface area contributed by atoms with Crippen LogP contribution in [0.3, 0.4) is 0 Å². The van der Waals surface area contributed by atoms with Crippen molar-refractivity contribution in [2.45, 2.75) is 37.8 Å². The summed E-state index contributed by atoms with van der Waals surface area (Å²) in [5.41, 5.74) is 0.816. The molecule has 0 saturated carbocycles. The molecule has 1 aliphatic heterocycles. The van der Waals surface area contributed by atoms with E-state index in [0.717, 1.165) is 12.0 Å². The summed E-state index contributed by atoms with van der Waals surface area (Å²) >= 11 is 0. The smallest absolute Gasteiger partial charge is 0.243 e. The second-order valence-corrected chi connectivity index (χ2v) is 7.42. The molecule has 0 radical (unpaired) electrons. The summed E-state index contributed by atoms with van der Waals surface area (Å²) in [6.45, 7) is 6.68. The number of hydrogen-bond acceptors (Lipinski definition) is 4. The lowest BCUT2D eigenvalue weighted by Gasteiger charge is -2.21. The van der Waals surface area contributed by atoms with Gasteiger partial charge in [0.25, 0.3) is 0 Å². The van der Waals surface area contributed by atoms with Crippen molar-refractivity contribution in [3.8, 4) is 0 Å². The first-order chi connectivity index (χ1) is 10.0. The highest BCUT2D eigenvalue weighted by Gasteiger charge is 2.27. The molecule has 0 atom stereocenters. The first kappa shape index (κ1) is 16.4. The Hall–Kier alpha value is -0.950. The van der Waals surface area contributed by atoms with Gasteiger partial charge in [-0.3, -0.25) is 0 Å². The molecule has 1 aromatic rings. The van der Waals surface area contributed by atoms with Gasteiger partial charge in [-0.05, 0) is 18.1 Å². The molecule has 0 aliphatic carbocycles. The van der Waals surface area contributed by atoms with Gasteiger partial charge in [-0.2, -0.15) is 4.31 Å². The molecule has 1 aliphatic rings. The third-order valence-corrected chi connectivity index (χ3v) is 5.47. The van der Waals surface area contributed by atoms with Crippen LogP contribution in [0.4, 0.5) is 0 Å². The summed E-state index contributed by atoms with van der Waals surface area (Å²) < 4.78 is 32.6. The minimum absolute atomic E-state index is 0.312. The largest absolute Gasteiger partial charge is 0.380 e. The standard InChI is InChI=1S/C15H24N2O3S/c1-13(2)16-12-14-6-3-4-7-15(14)21(18,19)17-8-5-10-20-11-9-17/h3-4,6-7,13,16H,5,8-12H2,1-2H3. The highest BCUT2D eigenvalue weighted by Crippen LogP contribution is 2.21. The second kappa shape index (κ2) is 7.35. The maximum absolute atomic E-state index is 12.8. The number of hydrogen-bond donors (Lipinski definition) is 1. The van der Waals surface area contributed by atoms with Crippen LogP contribution in [-0.4, -0.2) is 45.1 Å². The van der Waals surface area contributed by atoms with Crippen LogP contribution in [0.15, 0.2) is 29.2 Å². The Morgan fingerprint density at radius 3 is 2.76 bits per heavy atom. The summed E-state index contributed by atoms with van der Waals surface area (Å²) in [6.07, 6.45) is 0.742. The Morgan fingerprint density at radius 1 is 1.24 bits per heavy atom. The molecule has 1 N–H and O–H groups in total. The highest BCUT2D eigenvalue weighted by molar-refractivity contribution is 7.89. The molecule has 1 heterocycles. The molecule has 5 nitrogen and oxygen atoms in total. The van der Waals surface area contributed by atoms with Crippen LogP contribution in [0.5, 0.6) is 0 Å². The summed E-state index contributed by atoms with van der Waals surface area (Å²) in [5, 5.41) is 3.28. The van der Waals surface area contributed by atoms with E-state index in [0.29, 0.717) is 43.8 Å². The van der Waals surface area contributed by atoms with E-state index < -0.39 is 10.0 Å². The Kier molecular flexibility index (Phi) is 5.75. The zero-order valence-electron chi connectivity index (χ0n) is 12.7. The molecule has 21 heavy (non-hydrogen) atoms. The number of benzene rings is 1. The molecule has 0 unspecified atom stereocenters. The predicted molar refractivity (Wildman–Crippen MR) is 82.6 cm³/mol. The molecule has 1 saturated heterocycles. The van der Waals surface area contributed by atoms with E-state index in [9.17, 15) is 8.42 Å². The van der Waals surface area contributed by atoms with Crippen LogP contribution in [-0.2, 0) is 21.3 Å². The molecule has 6 heteroatoms. The summed E-state index contributed by atoms with van der Waals surface area (Å²) in [4.78, 5) is 0.403. The Bertz CT molecular complexity index is 550. The van der Waals surface area contributed by atoms with Crippen LogP contribution in [0.25, 0.3) is 0 Å². The van der Waals surface area contributed by atoms with E-state index in [4.69, 9.17) is 4.74 Å². The Balaban J connectivity index is 2.26. The lowest BCUT2D eigenvalue weighted by molar-refractivity contribution is 0.148. The Labute approximate surface area is 127 Å². The minimum Gasteiger partial charge on any atom is -0.380 e. The molecule has 0 bridgehead atoms. The maximum atomic E-state index is 12.8. The fourth-order valence-electron chi connectivity index (χ4n) is 2.32. The third kappa shape index (κ3) is 4.26. The summed E-state index contributed by atoms with van der Waals surface area (Å²) in [6, 6.07) is 7.53. The molecule has 1 fully saturated rings. The number of rotatable bonds is 5. The average molecular weight is 312 g/mol. The van der Waals surface area contributed by atoms with Gasteiger partial charge in [-0.25, -0.2) is 8.42 Å². The molecule has 118 valence electrons. The highest BCUT2D eigenvalue weighted by atomic mass is 32.2. The predicted octanol–water partition coefficient (Wildman–Crippen LogP) is 1.60. The van der Waals surface area contributed by atoms with Crippen molar-refractivity contribution >= 4 is 10.0 Å². The number of sulfonamides is 1. The summed E-state index contributed by atoms with van der Waals surface area (Å²) in [5.74, 6) is 0. The average Bonchev–Trinajstić information content (AvgIpc) is 2.75. The monoisotopic (exact) mass is 312 g/mol. The third-order valence-electron chi connectivity index (χ3n) is 3.47. The van der Waals surface area contributed by atoms with Gasteiger partial charge in [0.2, 0.25) is 10.0 Å². The van der Waals surface area contributed by atoms with Crippen molar-refractivity contribution in [1.29, 1.82) is 0 Å². The fraction of sp³-hybridized carbons (Fsp3) is 0.600. The maximum Gasteiger partial charge on any atom is 0.243 e. The van der Waals surface area contributed by atoms with Gasteiger partial charge in [-0.1, -0.05) is 32.0 Å². The van der Waals surface area contributed by atoms with Gasteiger partial charge >= 0.3 is 0 Å². The van der Waals surface area contributed by atoms with Crippen LogP contribution >= 0.6 is 0 Å². The van der Waals surface area contributed by atoms with Crippen molar-refractivity contribution in [2.24, 2.45) is 0 Å². The van der Waals surface area contributed by atoms with Crippen molar-refractivity contribution in [3.05, 3.63) is 29.8 Å². The molecular formula is C15H24N2O3S. The van der Waals surface area contributed by atoms with Crippen LogP contribution in [0.2, 0.25) is 0 Å². The minimum atomic E-state index is -3.45. The second-order valence-electron chi connectivity index (χ2n) is 5.51. The topological polar surface area (TPSA) is 58.6 Å². The van der Waals surface area contributed by atoms with Crippen LogP contribution in [0.1, 0.15) is 25.8 Å². The van der Waals surface area contributed by atoms with Gasteiger partial charge < -0.3 is 10.1 Å². The van der Waals surface area contributed by atoms with Crippen LogP contribution < -0.4 is 5.32 Å². The van der Waals surface area contributed by atoms with E-state index in [2.05, 4.69) is 5.32 Å². The van der Waals surface area contributed by atoms with Crippen molar-refractivity contribution in [2.75, 3.05) is 26.3 Å². The molecular weight excluding hydrogens is 288 g/mol. The van der Waals surface area contributed by atoms with Gasteiger partial charge in [0.05, 0.1) is 11.5 Å². The van der Waals surface area contributed by atoms with Gasteiger partial charge in [0.15, 0.2) is 0 Å². The Morgan fingerprint density at radius 2 is 2.00 bits per heavy atom.